The van der Waals surface area contributed by atoms with Crippen molar-refractivity contribution in [3.63, 3.8) is 0 Å². The van der Waals surface area contributed by atoms with E-state index in [0.29, 0.717) is 0 Å². The van der Waals surface area contributed by atoms with E-state index in [-0.39, 0.29) is 5.12 Å². The molecule has 7 nitrogen and oxygen atoms in total. The van der Waals surface area contributed by atoms with Crippen LogP contribution in [0.3, 0.4) is 0 Å². The van der Waals surface area contributed by atoms with E-state index in [0.717, 1.165) is 13.8 Å². The second-order valence-corrected chi connectivity index (χ2v) is 2.32. The third-order valence-corrected chi connectivity index (χ3v) is 1.18. The van der Waals surface area contributed by atoms with Gasteiger partial charge in [-0.15, -0.1) is 9.81 Å². The van der Waals surface area contributed by atoms with Crippen LogP contribution >= 0.6 is 0 Å². The Morgan fingerprint density at radius 1 is 1.36 bits per heavy atom. The van der Waals surface area contributed by atoms with E-state index < -0.39 is 11.5 Å². The summed E-state index contributed by atoms with van der Waals surface area (Å²) >= 11 is 0. The summed E-state index contributed by atoms with van der Waals surface area (Å²) in [5.41, 5.74) is -1.69. The van der Waals surface area contributed by atoms with Crippen molar-refractivity contribution in [3.8, 4) is 0 Å². The van der Waals surface area contributed by atoms with Gasteiger partial charge in [-0.05, 0) is 13.8 Å². The Kier molecular flexibility index (Phi) is 2.62. The van der Waals surface area contributed by atoms with Crippen LogP contribution in [0.5, 0.6) is 0 Å². The number of carboxylic acid groups (broad SMARTS) is 1. The van der Waals surface area contributed by atoms with E-state index in [1.807, 2.05) is 0 Å². The van der Waals surface area contributed by atoms with Crippen LogP contribution in [-0.4, -0.2) is 21.7 Å². The number of carbonyl (C=O) groups is 1. The van der Waals surface area contributed by atoms with Crippen molar-refractivity contribution < 1.29 is 9.90 Å². The lowest BCUT2D eigenvalue weighted by Crippen LogP contribution is -2.43. The molecule has 0 amide bonds. The second kappa shape index (κ2) is 3.04. The maximum atomic E-state index is 10.3. The Morgan fingerprint density at radius 2 is 1.73 bits per heavy atom. The highest BCUT2D eigenvalue weighted by molar-refractivity contribution is 5.77. The van der Waals surface area contributed by atoms with Crippen LogP contribution in [0.1, 0.15) is 13.8 Å². The average molecular weight is 161 g/mol. The zero-order valence-corrected chi connectivity index (χ0v) is 6.01. The Labute approximate surface area is 61.9 Å². The lowest BCUT2D eigenvalue weighted by molar-refractivity contribution is -0.149. The quantitative estimate of drug-likeness (QED) is 0.478. The van der Waals surface area contributed by atoms with Crippen molar-refractivity contribution in [2.24, 2.45) is 10.6 Å². The van der Waals surface area contributed by atoms with Gasteiger partial charge in [0.15, 0.2) is 5.54 Å². The zero-order chi connectivity index (χ0) is 9.07. The molecule has 0 rings (SSSR count). The van der Waals surface area contributed by atoms with Gasteiger partial charge in [0.25, 0.3) is 0 Å². The van der Waals surface area contributed by atoms with E-state index in [4.69, 9.17) is 5.11 Å². The third kappa shape index (κ3) is 1.69. The number of rotatable bonds is 4. The smallest absolute Gasteiger partial charge is 0.333 e. The molecular weight excluding hydrogens is 154 g/mol. The van der Waals surface area contributed by atoms with Gasteiger partial charge in [-0.2, -0.15) is 0 Å². The first-order valence-electron chi connectivity index (χ1n) is 2.67. The van der Waals surface area contributed by atoms with Gasteiger partial charge in [-0.3, -0.25) is 0 Å². The molecule has 0 saturated carbocycles. The molecule has 0 aromatic heterocycles. The highest BCUT2D eigenvalue weighted by atomic mass is 16.4. The fraction of sp³-hybridized carbons (Fsp3) is 0.750. The van der Waals surface area contributed by atoms with Crippen LogP contribution in [0.25, 0.3) is 0 Å². The molecule has 1 N–H and O–H groups in total. The Balaban J connectivity index is 4.62. The number of hydrogen-bond acceptors (Lipinski definition) is 5. The Bertz CT molecular complexity index is 182. The summed E-state index contributed by atoms with van der Waals surface area (Å²) < 4.78 is 0. The molecule has 0 bridgehead atoms. The summed E-state index contributed by atoms with van der Waals surface area (Å²) in [5, 5.41) is 12.7. The minimum atomic E-state index is -1.69. The SMILES string of the molecule is CC(C)(C(=O)O)N(N=O)N=O. The molecule has 7 heteroatoms. The maximum Gasteiger partial charge on any atom is 0.333 e. The summed E-state index contributed by atoms with van der Waals surface area (Å²) in [4.78, 5) is 30.0. The highest BCUT2D eigenvalue weighted by Gasteiger charge is 2.36. The van der Waals surface area contributed by atoms with Crippen molar-refractivity contribution in [2.45, 2.75) is 19.4 Å². The average Bonchev–Trinajstić information content (AvgIpc) is 1.89. The van der Waals surface area contributed by atoms with E-state index in [1.54, 1.807) is 0 Å². The monoisotopic (exact) mass is 161 g/mol. The molecule has 0 atom stereocenters. The van der Waals surface area contributed by atoms with Gasteiger partial charge in [0.05, 0.1) is 10.6 Å². The van der Waals surface area contributed by atoms with E-state index >= 15 is 0 Å². The van der Waals surface area contributed by atoms with Crippen LogP contribution in [0.15, 0.2) is 10.6 Å². The van der Waals surface area contributed by atoms with E-state index in [1.165, 1.54) is 0 Å². The van der Waals surface area contributed by atoms with Crippen LogP contribution in [0.2, 0.25) is 0 Å². The minimum Gasteiger partial charge on any atom is -0.479 e. The molecule has 0 aliphatic rings. The van der Waals surface area contributed by atoms with Crippen LogP contribution in [-0.2, 0) is 4.79 Å². The summed E-state index contributed by atoms with van der Waals surface area (Å²) in [6.07, 6.45) is 0. The normalized spacial score (nSPS) is 10.4. The lowest BCUT2D eigenvalue weighted by Gasteiger charge is -2.21. The van der Waals surface area contributed by atoms with E-state index in [9.17, 15) is 14.6 Å². The van der Waals surface area contributed by atoms with Gasteiger partial charge in [0, 0.05) is 0 Å². The summed E-state index contributed by atoms with van der Waals surface area (Å²) in [6, 6.07) is 0. The highest BCUT2D eigenvalue weighted by Crippen LogP contribution is 2.14. The molecule has 0 aliphatic heterocycles. The molecule has 0 unspecified atom stereocenters. The predicted molar refractivity (Wildman–Crippen MR) is 35.1 cm³/mol. The first-order valence-corrected chi connectivity index (χ1v) is 2.67. The molecule has 0 aromatic carbocycles. The van der Waals surface area contributed by atoms with Crippen LogP contribution in [0.4, 0.5) is 0 Å². The van der Waals surface area contributed by atoms with Gasteiger partial charge in [0.2, 0.25) is 0 Å². The molecule has 62 valence electrons. The molecule has 0 spiro atoms. The molecule has 0 radical (unpaired) electrons. The van der Waals surface area contributed by atoms with Gasteiger partial charge < -0.3 is 5.11 Å². The summed E-state index contributed by atoms with van der Waals surface area (Å²) in [7, 11) is 0. The molecule has 11 heavy (non-hydrogen) atoms. The zero-order valence-electron chi connectivity index (χ0n) is 6.01. The topological polar surface area (TPSA) is 99.4 Å². The van der Waals surface area contributed by atoms with Gasteiger partial charge in [-0.25, -0.2) is 4.79 Å². The molecule has 0 saturated heterocycles. The second-order valence-electron chi connectivity index (χ2n) is 2.32. The number of hydrogen-bond donors (Lipinski definition) is 1. The molecule has 0 heterocycles. The predicted octanol–water partition coefficient (Wildman–Crippen LogP) is 0.514. The van der Waals surface area contributed by atoms with Crippen molar-refractivity contribution >= 4 is 5.97 Å². The lowest BCUT2D eigenvalue weighted by atomic mass is 10.1. The molecule has 0 aromatic rings. The number of nitrogens with zero attached hydrogens (tertiary/aromatic N) is 3. The number of nitroso groups, excluding NO2 is 2. The molecule has 0 aliphatic carbocycles. The standard InChI is InChI=1S/C4H7N3O4/c1-4(2,3(8)9)7(5-10)6-11/h1-2H3,(H,8,9). The van der Waals surface area contributed by atoms with Crippen LogP contribution in [0, 0.1) is 9.81 Å². The van der Waals surface area contributed by atoms with Gasteiger partial charge in [-0.1, -0.05) is 5.12 Å². The Hall–Kier alpha value is -1.53. The van der Waals surface area contributed by atoms with E-state index in [2.05, 4.69) is 10.6 Å². The Morgan fingerprint density at radius 3 is 1.82 bits per heavy atom. The largest absolute Gasteiger partial charge is 0.479 e. The first kappa shape index (κ1) is 9.47. The summed E-state index contributed by atoms with van der Waals surface area (Å²) in [5.74, 6) is -1.35. The fourth-order valence-electron chi connectivity index (χ4n) is 0.305. The van der Waals surface area contributed by atoms with Crippen molar-refractivity contribution in [2.75, 3.05) is 0 Å². The van der Waals surface area contributed by atoms with Crippen molar-refractivity contribution in [3.05, 3.63) is 9.81 Å². The molecular formula is C4H7N3O4. The van der Waals surface area contributed by atoms with Crippen molar-refractivity contribution in [1.82, 2.24) is 5.12 Å². The summed E-state index contributed by atoms with van der Waals surface area (Å²) in [6.45, 7) is 2.27. The van der Waals surface area contributed by atoms with Crippen LogP contribution < -0.4 is 0 Å². The minimum absolute atomic E-state index is 0.0509. The fourth-order valence-corrected chi connectivity index (χ4v) is 0.305. The number of carboxylic acids is 1. The van der Waals surface area contributed by atoms with Gasteiger partial charge in [0.1, 0.15) is 0 Å². The molecule has 0 fully saturated rings. The third-order valence-electron chi connectivity index (χ3n) is 1.18. The maximum absolute atomic E-state index is 10.3. The first-order chi connectivity index (χ1) is 4.96. The van der Waals surface area contributed by atoms with Gasteiger partial charge >= 0.3 is 5.97 Å². The number of aliphatic carboxylic acids is 1. The van der Waals surface area contributed by atoms with Crippen molar-refractivity contribution in [1.29, 1.82) is 0 Å².